The Morgan fingerprint density at radius 3 is 2.37 bits per heavy atom. The van der Waals surface area contributed by atoms with Crippen LogP contribution in [0, 0.1) is 5.41 Å². The average Bonchev–Trinajstić information content (AvgIpc) is 2.87. The molecular formula is C16H16N2O. The molecule has 96 valence electrons. The van der Waals surface area contributed by atoms with Gasteiger partial charge in [0.1, 0.15) is 17.3 Å². The van der Waals surface area contributed by atoms with E-state index in [0.29, 0.717) is 5.56 Å². The van der Waals surface area contributed by atoms with E-state index < -0.39 is 0 Å². The number of hydrogen-bond acceptors (Lipinski definition) is 2. The predicted molar refractivity (Wildman–Crippen MR) is 76.0 cm³/mol. The topological polar surface area (TPSA) is 59.1 Å². The maximum Gasteiger partial charge on any atom is 0.127 e. The summed E-state index contributed by atoms with van der Waals surface area (Å²) in [5, 5.41) is 7.35. The van der Waals surface area contributed by atoms with Crippen molar-refractivity contribution in [2.75, 3.05) is 0 Å². The third-order valence-electron chi connectivity index (χ3n) is 3.47. The first-order chi connectivity index (χ1) is 9.22. The number of nitrogen functional groups attached to an aromatic ring is 1. The van der Waals surface area contributed by atoms with E-state index in [1.807, 2.05) is 18.2 Å². The molecule has 0 bridgehead atoms. The SMILES string of the molecule is N=C(N)c1ccc(Oc2ccc3c(c2)CCC3)cc1. The Labute approximate surface area is 112 Å². The molecule has 3 rings (SSSR count). The molecule has 0 heterocycles. The minimum absolute atomic E-state index is 0.0732. The normalized spacial score (nSPS) is 13.1. The van der Waals surface area contributed by atoms with E-state index in [1.54, 1.807) is 12.1 Å². The van der Waals surface area contributed by atoms with Crippen molar-refractivity contribution in [1.82, 2.24) is 0 Å². The number of fused-ring (bicyclic) bond motifs is 1. The summed E-state index contributed by atoms with van der Waals surface area (Å²) >= 11 is 0. The van der Waals surface area contributed by atoms with Gasteiger partial charge < -0.3 is 10.5 Å². The van der Waals surface area contributed by atoms with Gasteiger partial charge in [0.2, 0.25) is 0 Å². The molecule has 0 amide bonds. The van der Waals surface area contributed by atoms with Crippen LogP contribution in [0.3, 0.4) is 0 Å². The van der Waals surface area contributed by atoms with Crippen LogP contribution in [0.25, 0.3) is 0 Å². The minimum Gasteiger partial charge on any atom is -0.457 e. The molecule has 0 aromatic heterocycles. The fraction of sp³-hybridized carbons (Fsp3) is 0.188. The lowest BCUT2D eigenvalue weighted by Gasteiger charge is -2.08. The van der Waals surface area contributed by atoms with Crippen molar-refractivity contribution < 1.29 is 4.74 Å². The highest BCUT2D eigenvalue weighted by Gasteiger charge is 2.11. The van der Waals surface area contributed by atoms with Gasteiger partial charge in [-0.25, -0.2) is 0 Å². The minimum atomic E-state index is 0.0732. The third-order valence-corrected chi connectivity index (χ3v) is 3.47. The molecule has 2 aromatic carbocycles. The fourth-order valence-corrected chi connectivity index (χ4v) is 2.45. The summed E-state index contributed by atoms with van der Waals surface area (Å²) in [6.45, 7) is 0. The van der Waals surface area contributed by atoms with Crippen molar-refractivity contribution in [3.8, 4) is 11.5 Å². The molecule has 1 aliphatic rings. The van der Waals surface area contributed by atoms with Crippen LogP contribution in [0.1, 0.15) is 23.1 Å². The van der Waals surface area contributed by atoms with Crippen LogP contribution in [0.15, 0.2) is 42.5 Å². The number of ether oxygens (including phenoxy) is 1. The molecule has 3 nitrogen and oxygen atoms in total. The molecule has 0 unspecified atom stereocenters. The summed E-state index contributed by atoms with van der Waals surface area (Å²) in [6.07, 6.45) is 3.57. The lowest BCUT2D eigenvalue weighted by atomic mass is 10.1. The number of hydrogen-bond donors (Lipinski definition) is 2. The lowest BCUT2D eigenvalue weighted by molar-refractivity contribution is 0.482. The number of nitrogens with two attached hydrogens (primary N) is 1. The van der Waals surface area contributed by atoms with Gasteiger partial charge in [0, 0.05) is 5.56 Å². The first kappa shape index (κ1) is 11.8. The smallest absolute Gasteiger partial charge is 0.127 e. The van der Waals surface area contributed by atoms with E-state index in [2.05, 4.69) is 12.1 Å². The maximum absolute atomic E-state index is 7.35. The van der Waals surface area contributed by atoms with Gasteiger partial charge in [0.15, 0.2) is 0 Å². The van der Waals surface area contributed by atoms with E-state index >= 15 is 0 Å². The molecule has 0 atom stereocenters. The Morgan fingerprint density at radius 2 is 1.63 bits per heavy atom. The zero-order valence-electron chi connectivity index (χ0n) is 10.6. The molecule has 0 fully saturated rings. The first-order valence-corrected chi connectivity index (χ1v) is 6.46. The summed E-state index contributed by atoms with van der Waals surface area (Å²) in [4.78, 5) is 0. The third kappa shape index (κ3) is 2.45. The van der Waals surface area contributed by atoms with E-state index in [1.165, 1.54) is 24.0 Å². The Hall–Kier alpha value is -2.29. The highest BCUT2D eigenvalue weighted by molar-refractivity contribution is 5.94. The van der Waals surface area contributed by atoms with Gasteiger partial charge in [0.05, 0.1) is 0 Å². The van der Waals surface area contributed by atoms with Crippen LogP contribution in [-0.2, 0) is 12.8 Å². The molecule has 0 saturated carbocycles. The Bertz CT molecular complexity index is 617. The van der Waals surface area contributed by atoms with Crippen LogP contribution in [0.4, 0.5) is 0 Å². The van der Waals surface area contributed by atoms with Gasteiger partial charge >= 0.3 is 0 Å². The Kier molecular flexibility index (Phi) is 2.95. The quantitative estimate of drug-likeness (QED) is 0.650. The van der Waals surface area contributed by atoms with Crippen LogP contribution in [-0.4, -0.2) is 5.84 Å². The van der Waals surface area contributed by atoms with Crippen LogP contribution in [0.2, 0.25) is 0 Å². The molecule has 19 heavy (non-hydrogen) atoms. The van der Waals surface area contributed by atoms with Crippen molar-refractivity contribution in [3.05, 3.63) is 59.2 Å². The summed E-state index contributed by atoms with van der Waals surface area (Å²) in [7, 11) is 0. The van der Waals surface area contributed by atoms with Crippen LogP contribution >= 0.6 is 0 Å². The van der Waals surface area contributed by atoms with Crippen molar-refractivity contribution >= 4 is 5.84 Å². The second-order valence-corrected chi connectivity index (χ2v) is 4.82. The number of amidine groups is 1. The maximum atomic E-state index is 7.35. The highest BCUT2D eigenvalue weighted by Crippen LogP contribution is 2.28. The van der Waals surface area contributed by atoms with Gasteiger partial charge in [-0.05, 0) is 66.8 Å². The Balaban J connectivity index is 1.79. The van der Waals surface area contributed by atoms with Crippen LogP contribution < -0.4 is 10.5 Å². The number of aryl methyl sites for hydroxylation is 2. The molecule has 1 aliphatic carbocycles. The summed E-state index contributed by atoms with van der Waals surface area (Å²) in [5.41, 5.74) is 8.97. The molecule has 0 saturated heterocycles. The molecule has 3 N–H and O–H groups in total. The van der Waals surface area contributed by atoms with Gasteiger partial charge in [-0.3, -0.25) is 5.41 Å². The fourth-order valence-electron chi connectivity index (χ4n) is 2.45. The Morgan fingerprint density at radius 1 is 0.947 bits per heavy atom. The lowest BCUT2D eigenvalue weighted by Crippen LogP contribution is -2.10. The summed E-state index contributed by atoms with van der Waals surface area (Å²) in [5.74, 6) is 1.71. The van der Waals surface area contributed by atoms with Crippen molar-refractivity contribution in [2.45, 2.75) is 19.3 Å². The second kappa shape index (κ2) is 4.76. The van der Waals surface area contributed by atoms with Gasteiger partial charge in [-0.2, -0.15) is 0 Å². The zero-order valence-corrected chi connectivity index (χ0v) is 10.6. The largest absolute Gasteiger partial charge is 0.457 e. The number of benzene rings is 2. The number of rotatable bonds is 3. The monoisotopic (exact) mass is 252 g/mol. The van der Waals surface area contributed by atoms with E-state index in [4.69, 9.17) is 15.9 Å². The van der Waals surface area contributed by atoms with E-state index in [0.717, 1.165) is 17.9 Å². The zero-order chi connectivity index (χ0) is 13.2. The van der Waals surface area contributed by atoms with Gasteiger partial charge in [-0.1, -0.05) is 6.07 Å². The van der Waals surface area contributed by atoms with Crippen molar-refractivity contribution in [3.63, 3.8) is 0 Å². The molecule has 0 aliphatic heterocycles. The van der Waals surface area contributed by atoms with Crippen molar-refractivity contribution in [1.29, 1.82) is 5.41 Å². The highest BCUT2D eigenvalue weighted by atomic mass is 16.5. The number of nitrogens with one attached hydrogen (secondary N) is 1. The second-order valence-electron chi connectivity index (χ2n) is 4.82. The molecule has 3 heteroatoms. The van der Waals surface area contributed by atoms with Crippen molar-refractivity contribution in [2.24, 2.45) is 5.73 Å². The molecule has 0 spiro atoms. The summed E-state index contributed by atoms with van der Waals surface area (Å²) < 4.78 is 5.83. The van der Waals surface area contributed by atoms with Gasteiger partial charge in [-0.15, -0.1) is 0 Å². The standard InChI is InChI=1S/C16H16N2O/c17-16(18)12-5-7-14(8-6-12)19-15-9-4-11-2-1-3-13(11)10-15/h4-10H,1-3H2,(H3,17,18). The van der Waals surface area contributed by atoms with E-state index in [-0.39, 0.29) is 5.84 Å². The summed E-state index contributed by atoms with van der Waals surface area (Å²) in [6, 6.07) is 13.6. The molecule has 0 radical (unpaired) electrons. The van der Waals surface area contributed by atoms with E-state index in [9.17, 15) is 0 Å². The molecular weight excluding hydrogens is 236 g/mol. The van der Waals surface area contributed by atoms with Gasteiger partial charge in [0.25, 0.3) is 0 Å². The molecule has 2 aromatic rings. The average molecular weight is 252 g/mol. The first-order valence-electron chi connectivity index (χ1n) is 6.46. The predicted octanol–water partition coefficient (Wildman–Crippen LogP) is 3.25. The van der Waals surface area contributed by atoms with Crippen LogP contribution in [0.5, 0.6) is 11.5 Å².